The van der Waals surface area contributed by atoms with E-state index in [-0.39, 0.29) is 7.43 Å². The summed E-state index contributed by atoms with van der Waals surface area (Å²) in [7, 11) is 0. The summed E-state index contributed by atoms with van der Waals surface area (Å²) < 4.78 is 2.86. The molecule has 2 rings (SSSR count). The molecule has 0 spiro atoms. The molecule has 0 heterocycles. The van der Waals surface area contributed by atoms with Gasteiger partial charge in [0.2, 0.25) is 0 Å². The van der Waals surface area contributed by atoms with Gasteiger partial charge in [0.1, 0.15) is 0 Å². The van der Waals surface area contributed by atoms with Crippen LogP contribution in [0, 0.1) is 7.43 Å². The van der Waals surface area contributed by atoms with Crippen molar-refractivity contribution in [2.75, 3.05) is 0 Å². The predicted octanol–water partition coefficient (Wildman–Crippen LogP) is 1.80. The molecule has 2 aromatic carbocycles. The maximum atomic E-state index is 2.19. The summed E-state index contributed by atoms with van der Waals surface area (Å²) in [5.74, 6) is 0. The van der Waals surface area contributed by atoms with Gasteiger partial charge in [0.15, 0.2) is 0 Å². The quantitative estimate of drug-likeness (QED) is 0.721. The van der Waals surface area contributed by atoms with Crippen LogP contribution in [0.3, 0.4) is 0 Å². The van der Waals surface area contributed by atoms with Gasteiger partial charge in [0, 0.05) is 7.43 Å². The molecule has 0 unspecified atom stereocenters. The Labute approximate surface area is 92.3 Å². The van der Waals surface area contributed by atoms with Crippen LogP contribution in [0.15, 0.2) is 60.7 Å². The summed E-state index contributed by atoms with van der Waals surface area (Å²) in [5, 5.41) is 0. The molecule has 4 radical (unpaired) electrons. The van der Waals surface area contributed by atoms with E-state index in [0.717, 1.165) is 0 Å². The Bertz CT molecular complexity index is 316. The minimum absolute atomic E-state index is 0. The van der Waals surface area contributed by atoms with E-state index < -0.39 is 0 Å². The third-order valence-electron chi connectivity index (χ3n) is 1.72. The van der Waals surface area contributed by atoms with Crippen LogP contribution in [-0.2, 0) is 15.2 Å². The van der Waals surface area contributed by atoms with Gasteiger partial charge in [-0.25, -0.2) is 0 Å². The molecule has 0 atom stereocenters. The number of rotatable bonds is 2. The van der Waals surface area contributed by atoms with Crippen molar-refractivity contribution in [1.29, 1.82) is 0 Å². The second-order valence-electron chi connectivity index (χ2n) is 2.73. The Kier molecular flexibility index (Phi) is 4.46. The molecule has 1 heteroatoms. The molecule has 14 heavy (non-hydrogen) atoms. The first-order valence-corrected chi connectivity index (χ1v) is 5.50. The molecular formula is C13H10Cr. The normalized spacial score (nSPS) is 9.14. The second-order valence-corrected chi connectivity index (χ2v) is 4.52. The zero-order valence-electron chi connectivity index (χ0n) is 7.68. The molecule has 0 aromatic heterocycles. The van der Waals surface area contributed by atoms with E-state index in [0.29, 0.717) is 15.2 Å². The fourth-order valence-corrected chi connectivity index (χ4v) is 2.45. The zero-order valence-corrected chi connectivity index (χ0v) is 8.96. The van der Waals surface area contributed by atoms with Crippen molar-refractivity contribution in [3.63, 3.8) is 0 Å². The average molecular weight is 218 g/mol. The summed E-state index contributed by atoms with van der Waals surface area (Å²) in [5.41, 5.74) is 0. The van der Waals surface area contributed by atoms with E-state index in [4.69, 9.17) is 0 Å². The Morgan fingerprint density at radius 2 is 0.929 bits per heavy atom. The Morgan fingerprint density at radius 3 is 1.29 bits per heavy atom. The molecule has 0 bridgehead atoms. The van der Waals surface area contributed by atoms with Crippen molar-refractivity contribution in [2.24, 2.45) is 0 Å². The number of hydrogen-bond acceptors (Lipinski definition) is 0. The maximum absolute atomic E-state index is 2.19. The van der Waals surface area contributed by atoms with Crippen LogP contribution in [0.25, 0.3) is 0 Å². The monoisotopic (exact) mass is 218 g/mol. The first-order valence-electron chi connectivity index (χ1n) is 4.23. The first-order chi connectivity index (χ1) is 6.45. The summed E-state index contributed by atoms with van der Waals surface area (Å²) in [6.07, 6.45) is 0. The van der Waals surface area contributed by atoms with Gasteiger partial charge in [-0.15, -0.1) is 0 Å². The number of hydrogen-bond donors (Lipinski definition) is 0. The van der Waals surface area contributed by atoms with Gasteiger partial charge in [0.05, 0.1) is 0 Å². The number of benzene rings is 2. The Morgan fingerprint density at radius 1 is 0.571 bits per heavy atom. The average Bonchev–Trinajstić information content (AvgIpc) is 2.21. The van der Waals surface area contributed by atoms with E-state index >= 15 is 0 Å². The molecule has 0 aliphatic rings. The van der Waals surface area contributed by atoms with Crippen molar-refractivity contribution in [2.45, 2.75) is 0 Å². The van der Waals surface area contributed by atoms with E-state index in [1.165, 1.54) is 8.85 Å². The topological polar surface area (TPSA) is 0 Å². The van der Waals surface area contributed by atoms with Crippen LogP contribution in [0.5, 0.6) is 0 Å². The van der Waals surface area contributed by atoms with Gasteiger partial charge < -0.3 is 0 Å². The van der Waals surface area contributed by atoms with E-state index in [1.807, 2.05) is 0 Å². The van der Waals surface area contributed by atoms with Gasteiger partial charge in [-0.1, -0.05) is 0 Å². The minimum atomic E-state index is 0. The van der Waals surface area contributed by atoms with Crippen molar-refractivity contribution in [1.82, 2.24) is 0 Å². The van der Waals surface area contributed by atoms with E-state index in [1.54, 1.807) is 0 Å². The fraction of sp³-hybridized carbons (Fsp3) is 0. The fourth-order valence-electron chi connectivity index (χ4n) is 1.11. The summed E-state index contributed by atoms with van der Waals surface area (Å²) in [6.45, 7) is 0. The van der Waals surface area contributed by atoms with Gasteiger partial charge >= 0.3 is 84.7 Å². The third kappa shape index (κ3) is 3.03. The van der Waals surface area contributed by atoms with E-state index in [2.05, 4.69) is 60.7 Å². The van der Waals surface area contributed by atoms with Crippen molar-refractivity contribution in [3.05, 3.63) is 68.1 Å². The third-order valence-corrected chi connectivity index (χ3v) is 3.31. The van der Waals surface area contributed by atoms with Crippen LogP contribution < -0.4 is 8.85 Å². The van der Waals surface area contributed by atoms with Crippen LogP contribution in [0.2, 0.25) is 0 Å². The molecular weight excluding hydrogens is 208 g/mol. The van der Waals surface area contributed by atoms with Crippen molar-refractivity contribution >= 4 is 8.85 Å². The molecule has 2 aromatic rings. The van der Waals surface area contributed by atoms with Crippen LogP contribution >= 0.6 is 0 Å². The predicted molar refractivity (Wildman–Crippen MR) is 55.4 cm³/mol. The Hall–Kier alpha value is -1.03. The van der Waals surface area contributed by atoms with Crippen molar-refractivity contribution < 1.29 is 15.2 Å². The standard InChI is InChI=1S/2C6H5.C.Cr/c2*1-2-4-6-5-3-1;;/h2*1-5H;;. The van der Waals surface area contributed by atoms with Gasteiger partial charge in [-0.05, 0) is 0 Å². The van der Waals surface area contributed by atoms with Crippen LogP contribution in [-0.4, -0.2) is 0 Å². The molecule has 68 valence electrons. The summed E-state index contributed by atoms with van der Waals surface area (Å²) in [4.78, 5) is 0. The molecule has 0 nitrogen and oxygen atoms in total. The zero-order chi connectivity index (χ0) is 8.93. The van der Waals surface area contributed by atoms with Crippen LogP contribution in [0.1, 0.15) is 0 Å². The first kappa shape index (κ1) is 11.0. The van der Waals surface area contributed by atoms with Crippen LogP contribution in [0.4, 0.5) is 0 Å². The molecule has 0 saturated carbocycles. The Balaban J connectivity index is 0.000000980. The molecule has 0 aliphatic carbocycles. The summed E-state index contributed by atoms with van der Waals surface area (Å²) >= 11 is 0.461. The van der Waals surface area contributed by atoms with Crippen molar-refractivity contribution in [3.8, 4) is 0 Å². The van der Waals surface area contributed by atoms with Gasteiger partial charge in [0.25, 0.3) is 0 Å². The summed E-state index contributed by atoms with van der Waals surface area (Å²) in [6, 6.07) is 21.3. The molecule has 0 aliphatic heterocycles. The van der Waals surface area contributed by atoms with E-state index in [9.17, 15) is 0 Å². The second kappa shape index (κ2) is 5.65. The molecule has 0 N–H and O–H groups in total. The molecule has 0 amide bonds. The van der Waals surface area contributed by atoms with Gasteiger partial charge in [-0.3, -0.25) is 0 Å². The molecule has 0 saturated heterocycles. The molecule has 0 fully saturated rings. The SMILES string of the molecule is [C].c1cc[c]([Cr][c]2ccccc2)cc1. The van der Waals surface area contributed by atoms with Gasteiger partial charge in [-0.2, -0.15) is 0 Å².